The first-order valence-corrected chi connectivity index (χ1v) is 8.71. The highest BCUT2D eigenvalue weighted by Gasteiger charge is 2.35. The lowest BCUT2D eigenvalue weighted by molar-refractivity contribution is 0.123. The molecule has 0 saturated carbocycles. The van der Waals surface area contributed by atoms with Gasteiger partial charge in [0.05, 0.1) is 15.4 Å². The Kier molecular flexibility index (Phi) is 4.67. The highest BCUT2D eigenvalue weighted by Crippen LogP contribution is 2.21. The third kappa shape index (κ3) is 3.26. The van der Waals surface area contributed by atoms with Crippen molar-refractivity contribution in [2.45, 2.75) is 24.3 Å². The van der Waals surface area contributed by atoms with E-state index in [9.17, 15) is 8.42 Å². The van der Waals surface area contributed by atoms with Crippen LogP contribution in [-0.2, 0) is 10.0 Å². The average molecular weight is 327 g/mol. The highest BCUT2D eigenvalue weighted by molar-refractivity contribution is 7.89. The van der Waals surface area contributed by atoms with Crippen molar-refractivity contribution in [2.24, 2.45) is 5.73 Å². The Morgan fingerprint density at radius 1 is 1.14 bits per heavy atom. The SMILES string of the molecule is CC(C)(C(N)=S)N1CCN(S(=O)(=O)c2ccccc2)CC1. The summed E-state index contributed by atoms with van der Waals surface area (Å²) < 4.78 is 26.6. The zero-order valence-electron chi connectivity index (χ0n) is 12.3. The van der Waals surface area contributed by atoms with Crippen molar-refractivity contribution >= 4 is 27.2 Å². The van der Waals surface area contributed by atoms with Crippen molar-refractivity contribution in [3.63, 3.8) is 0 Å². The van der Waals surface area contributed by atoms with Crippen molar-refractivity contribution in [1.29, 1.82) is 0 Å². The van der Waals surface area contributed by atoms with Crippen LogP contribution in [-0.4, -0.2) is 54.3 Å². The minimum absolute atomic E-state index is 0.340. The summed E-state index contributed by atoms with van der Waals surface area (Å²) >= 11 is 5.10. The summed E-state index contributed by atoms with van der Waals surface area (Å²) in [5, 5.41) is 0. The topological polar surface area (TPSA) is 66.6 Å². The minimum atomic E-state index is -3.41. The predicted molar refractivity (Wildman–Crippen MR) is 87.6 cm³/mol. The van der Waals surface area contributed by atoms with Gasteiger partial charge in [-0.05, 0) is 26.0 Å². The van der Waals surface area contributed by atoms with Crippen molar-refractivity contribution < 1.29 is 8.42 Å². The lowest BCUT2D eigenvalue weighted by atomic mass is 10.0. The van der Waals surface area contributed by atoms with Crippen LogP contribution < -0.4 is 5.73 Å². The maximum Gasteiger partial charge on any atom is 0.243 e. The van der Waals surface area contributed by atoms with Gasteiger partial charge in [-0.15, -0.1) is 0 Å². The summed E-state index contributed by atoms with van der Waals surface area (Å²) in [6, 6.07) is 8.53. The molecule has 5 nitrogen and oxygen atoms in total. The van der Waals surface area contributed by atoms with Gasteiger partial charge < -0.3 is 5.73 Å². The number of nitrogens with two attached hydrogens (primary N) is 1. The van der Waals surface area contributed by atoms with Gasteiger partial charge in [0, 0.05) is 26.2 Å². The number of sulfonamides is 1. The van der Waals surface area contributed by atoms with Gasteiger partial charge in [-0.2, -0.15) is 4.31 Å². The Bertz CT molecular complexity index is 606. The van der Waals surface area contributed by atoms with Gasteiger partial charge in [0.25, 0.3) is 0 Å². The molecule has 0 bridgehead atoms. The zero-order valence-corrected chi connectivity index (χ0v) is 14.0. The molecule has 1 aromatic rings. The van der Waals surface area contributed by atoms with E-state index >= 15 is 0 Å². The largest absolute Gasteiger partial charge is 0.392 e. The molecular formula is C14H21N3O2S2. The minimum Gasteiger partial charge on any atom is -0.392 e. The molecule has 1 fully saturated rings. The Morgan fingerprint density at radius 3 is 2.14 bits per heavy atom. The van der Waals surface area contributed by atoms with E-state index in [-0.39, 0.29) is 0 Å². The summed E-state index contributed by atoms with van der Waals surface area (Å²) in [7, 11) is -3.41. The molecule has 2 rings (SSSR count). The number of nitrogens with zero attached hydrogens (tertiary/aromatic N) is 2. The molecule has 2 N–H and O–H groups in total. The van der Waals surface area contributed by atoms with E-state index in [1.54, 1.807) is 24.3 Å². The molecular weight excluding hydrogens is 306 g/mol. The molecule has 0 aliphatic carbocycles. The smallest absolute Gasteiger partial charge is 0.243 e. The molecule has 1 aliphatic heterocycles. The lowest BCUT2D eigenvalue weighted by Crippen LogP contribution is -2.59. The maximum absolute atomic E-state index is 12.5. The average Bonchev–Trinajstić information content (AvgIpc) is 2.48. The first-order valence-electron chi connectivity index (χ1n) is 6.86. The van der Waals surface area contributed by atoms with Crippen molar-refractivity contribution in [1.82, 2.24) is 9.21 Å². The second-order valence-corrected chi connectivity index (χ2v) is 8.01. The maximum atomic E-state index is 12.5. The Labute approximate surface area is 131 Å². The van der Waals surface area contributed by atoms with Gasteiger partial charge in [0.2, 0.25) is 10.0 Å². The molecule has 1 saturated heterocycles. The normalized spacial score (nSPS) is 18.6. The van der Waals surface area contributed by atoms with E-state index in [4.69, 9.17) is 18.0 Å². The third-order valence-corrected chi connectivity index (χ3v) is 6.43. The lowest BCUT2D eigenvalue weighted by Gasteiger charge is -2.42. The molecule has 7 heteroatoms. The Balaban J connectivity index is 2.10. The van der Waals surface area contributed by atoms with Crippen LogP contribution in [0.25, 0.3) is 0 Å². The van der Waals surface area contributed by atoms with Crippen LogP contribution in [0.4, 0.5) is 0 Å². The second-order valence-electron chi connectivity index (χ2n) is 5.63. The van der Waals surface area contributed by atoms with E-state index < -0.39 is 15.6 Å². The fourth-order valence-electron chi connectivity index (χ4n) is 2.38. The van der Waals surface area contributed by atoms with E-state index in [1.165, 1.54) is 4.31 Å². The van der Waals surface area contributed by atoms with E-state index in [0.717, 1.165) is 0 Å². The first-order chi connectivity index (χ1) is 9.76. The second kappa shape index (κ2) is 6.00. The Hall–Kier alpha value is -1.02. The number of benzene rings is 1. The van der Waals surface area contributed by atoms with Crippen LogP contribution in [0.1, 0.15) is 13.8 Å². The standard InChI is InChI=1S/C14H21N3O2S2/c1-14(2,13(15)20)16-8-10-17(11-9-16)21(18,19)12-6-4-3-5-7-12/h3-7H,8-11H2,1-2H3,(H2,15,20). The van der Waals surface area contributed by atoms with Gasteiger partial charge in [0.15, 0.2) is 0 Å². The number of piperazine rings is 1. The quantitative estimate of drug-likeness (QED) is 0.838. The fourth-order valence-corrected chi connectivity index (χ4v) is 3.96. The Morgan fingerprint density at radius 2 is 1.67 bits per heavy atom. The molecule has 0 atom stereocenters. The molecule has 0 spiro atoms. The number of hydrogen-bond donors (Lipinski definition) is 1. The van der Waals surface area contributed by atoms with Crippen LogP contribution in [0, 0.1) is 0 Å². The first kappa shape index (κ1) is 16.4. The molecule has 1 heterocycles. The molecule has 0 unspecified atom stereocenters. The molecule has 0 aromatic heterocycles. The molecule has 1 aliphatic rings. The summed E-state index contributed by atoms with van der Waals surface area (Å²) in [6.45, 7) is 6.08. The van der Waals surface area contributed by atoms with Crippen LogP contribution in [0.15, 0.2) is 35.2 Å². The number of rotatable bonds is 4. The van der Waals surface area contributed by atoms with Gasteiger partial charge in [-0.3, -0.25) is 4.90 Å². The fraction of sp³-hybridized carbons (Fsp3) is 0.500. The van der Waals surface area contributed by atoms with Gasteiger partial charge >= 0.3 is 0 Å². The van der Waals surface area contributed by atoms with Crippen LogP contribution in [0.3, 0.4) is 0 Å². The van der Waals surface area contributed by atoms with Crippen LogP contribution in [0.5, 0.6) is 0 Å². The third-order valence-electron chi connectivity index (χ3n) is 4.01. The molecule has 21 heavy (non-hydrogen) atoms. The molecule has 116 valence electrons. The summed E-state index contributed by atoms with van der Waals surface area (Å²) in [4.78, 5) is 2.90. The van der Waals surface area contributed by atoms with E-state index in [0.29, 0.717) is 36.1 Å². The summed E-state index contributed by atoms with van der Waals surface area (Å²) in [6.07, 6.45) is 0. The molecule has 1 aromatic carbocycles. The molecule has 0 amide bonds. The van der Waals surface area contributed by atoms with Gasteiger partial charge in [-0.1, -0.05) is 30.4 Å². The van der Waals surface area contributed by atoms with Crippen molar-refractivity contribution in [2.75, 3.05) is 26.2 Å². The molecule has 0 radical (unpaired) electrons. The van der Waals surface area contributed by atoms with Crippen molar-refractivity contribution in [3.05, 3.63) is 30.3 Å². The van der Waals surface area contributed by atoms with Crippen LogP contribution >= 0.6 is 12.2 Å². The summed E-state index contributed by atoms with van der Waals surface area (Å²) in [5.41, 5.74) is 5.38. The van der Waals surface area contributed by atoms with E-state index in [1.807, 2.05) is 19.9 Å². The monoisotopic (exact) mass is 327 g/mol. The number of thiocarbonyl (C=S) groups is 1. The van der Waals surface area contributed by atoms with Crippen LogP contribution in [0.2, 0.25) is 0 Å². The zero-order chi connectivity index (χ0) is 15.7. The number of hydrogen-bond acceptors (Lipinski definition) is 4. The van der Waals surface area contributed by atoms with Gasteiger partial charge in [-0.25, -0.2) is 8.42 Å². The van der Waals surface area contributed by atoms with Gasteiger partial charge in [0.1, 0.15) is 0 Å². The highest BCUT2D eigenvalue weighted by atomic mass is 32.2. The van der Waals surface area contributed by atoms with Crippen molar-refractivity contribution in [3.8, 4) is 0 Å². The van der Waals surface area contributed by atoms with E-state index in [2.05, 4.69) is 4.90 Å². The predicted octanol–water partition coefficient (Wildman–Crippen LogP) is 1.06. The summed E-state index contributed by atoms with van der Waals surface area (Å²) in [5.74, 6) is 0.